The lowest BCUT2D eigenvalue weighted by Crippen LogP contribution is -2.42. The molecule has 2 fully saturated rings. The fraction of sp³-hybridized carbons (Fsp3) is 0.407. The van der Waals surface area contributed by atoms with Crippen LogP contribution >= 0.6 is 11.5 Å². The minimum atomic E-state index is -2.73. The number of benzene rings is 2. The van der Waals surface area contributed by atoms with Crippen LogP contribution in [0.25, 0.3) is 0 Å². The molecule has 0 radical (unpaired) electrons. The SMILES string of the molecule is CNC(=O)C1CC(Oc2ccc(C(F)F)cc2NC(=O)N2CC[C@@](c3ccc(C)c(F)c3)(c3ncns3)C2)C1. The van der Waals surface area contributed by atoms with E-state index in [9.17, 15) is 22.8 Å². The number of amides is 3. The van der Waals surface area contributed by atoms with Crippen LogP contribution in [0.2, 0.25) is 0 Å². The van der Waals surface area contributed by atoms with Crippen LogP contribution in [0.4, 0.5) is 23.7 Å². The fourth-order valence-corrected chi connectivity index (χ4v) is 5.88. The number of ether oxygens (including phenoxy) is 1. The van der Waals surface area contributed by atoms with Gasteiger partial charge in [0.2, 0.25) is 5.91 Å². The van der Waals surface area contributed by atoms with Crippen molar-refractivity contribution in [3.63, 3.8) is 0 Å². The molecule has 206 valence electrons. The summed E-state index contributed by atoms with van der Waals surface area (Å²) >= 11 is 1.19. The molecule has 2 aliphatic rings. The molecule has 2 aromatic carbocycles. The molecule has 8 nitrogen and oxygen atoms in total. The summed E-state index contributed by atoms with van der Waals surface area (Å²) < 4.78 is 51.6. The molecule has 2 heterocycles. The highest BCUT2D eigenvalue weighted by atomic mass is 32.1. The van der Waals surface area contributed by atoms with E-state index >= 15 is 0 Å². The number of hydrogen-bond donors (Lipinski definition) is 2. The Morgan fingerprint density at radius 2 is 2.00 bits per heavy atom. The van der Waals surface area contributed by atoms with Crippen molar-refractivity contribution in [1.82, 2.24) is 19.6 Å². The number of nitrogens with zero attached hydrogens (tertiary/aromatic N) is 3. The maximum atomic E-state index is 14.5. The summed E-state index contributed by atoms with van der Waals surface area (Å²) in [5, 5.41) is 6.02. The van der Waals surface area contributed by atoms with Crippen molar-refractivity contribution in [1.29, 1.82) is 0 Å². The van der Waals surface area contributed by atoms with Crippen molar-refractivity contribution in [3.8, 4) is 5.75 Å². The molecule has 39 heavy (non-hydrogen) atoms. The summed E-state index contributed by atoms with van der Waals surface area (Å²) in [4.78, 5) is 31.2. The number of aromatic nitrogens is 2. The molecule has 5 rings (SSSR count). The largest absolute Gasteiger partial charge is 0.488 e. The Labute approximate surface area is 227 Å². The zero-order chi connectivity index (χ0) is 27.7. The van der Waals surface area contributed by atoms with Crippen molar-refractivity contribution in [3.05, 3.63) is 70.2 Å². The number of rotatable bonds is 7. The number of halogens is 3. The van der Waals surface area contributed by atoms with Crippen LogP contribution in [0, 0.1) is 18.7 Å². The third-order valence-corrected chi connectivity index (χ3v) is 8.42. The van der Waals surface area contributed by atoms with Crippen LogP contribution < -0.4 is 15.4 Å². The maximum Gasteiger partial charge on any atom is 0.321 e. The first-order valence-electron chi connectivity index (χ1n) is 12.6. The maximum absolute atomic E-state index is 14.5. The first kappa shape index (κ1) is 26.9. The fourth-order valence-electron chi connectivity index (χ4n) is 5.13. The predicted octanol–water partition coefficient (Wildman–Crippen LogP) is 5.05. The third kappa shape index (κ3) is 5.29. The van der Waals surface area contributed by atoms with Gasteiger partial charge in [-0.05, 0) is 73.1 Å². The average molecular weight is 560 g/mol. The monoisotopic (exact) mass is 559 g/mol. The number of anilines is 1. The molecule has 1 saturated heterocycles. The number of carbonyl (C=O) groups is 2. The second-order valence-corrected chi connectivity index (χ2v) is 10.8. The van der Waals surface area contributed by atoms with Crippen molar-refractivity contribution in [2.75, 3.05) is 25.5 Å². The molecular formula is C27H28F3N5O3S. The average Bonchev–Trinajstić information content (AvgIpc) is 3.59. The van der Waals surface area contributed by atoms with Gasteiger partial charge in [0.05, 0.1) is 11.1 Å². The number of likely N-dealkylation sites (tertiary alicyclic amines) is 1. The zero-order valence-electron chi connectivity index (χ0n) is 21.4. The summed E-state index contributed by atoms with van der Waals surface area (Å²) in [6.07, 6.45) is -0.0935. The zero-order valence-corrected chi connectivity index (χ0v) is 22.2. The van der Waals surface area contributed by atoms with E-state index in [1.165, 1.54) is 42.1 Å². The minimum Gasteiger partial charge on any atom is -0.488 e. The van der Waals surface area contributed by atoms with Crippen LogP contribution in [0.5, 0.6) is 5.75 Å². The molecule has 0 bridgehead atoms. The van der Waals surface area contributed by atoms with E-state index in [-0.39, 0.29) is 47.3 Å². The second kappa shape index (κ2) is 10.8. The Morgan fingerprint density at radius 3 is 2.67 bits per heavy atom. The van der Waals surface area contributed by atoms with E-state index in [0.717, 1.165) is 0 Å². The summed E-state index contributed by atoms with van der Waals surface area (Å²) in [6, 6.07) is 8.38. The normalized spacial score (nSPS) is 22.5. The lowest BCUT2D eigenvalue weighted by molar-refractivity contribution is -0.130. The number of nitrogens with one attached hydrogen (secondary N) is 2. The second-order valence-electron chi connectivity index (χ2n) is 9.97. The van der Waals surface area contributed by atoms with Gasteiger partial charge in [0.15, 0.2) is 0 Å². The first-order chi connectivity index (χ1) is 18.7. The number of carbonyl (C=O) groups excluding carboxylic acids is 2. The van der Waals surface area contributed by atoms with Crippen LogP contribution in [0.3, 0.4) is 0 Å². The lowest BCUT2D eigenvalue weighted by Gasteiger charge is -2.34. The standard InChI is InChI=1S/C27H28F3N5O3S/c1-15-3-5-18(12-20(15)28)27(25-32-14-33-39-25)7-8-35(13-27)26(37)34-21-11-16(23(29)30)4-6-22(21)38-19-9-17(10-19)24(36)31-2/h3-6,11-12,14,17,19,23H,7-10,13H2,1-2H3,(H,31,36)(H,34,37)/t17?,19?,27-/m1/s1. The molecule has 0 unspecified atom stereocenters. The van der Waals surface area contributed by atoms with Gasteiger partial charge in [-0.2, -0.15) is 4.37 Å². The smallest absolute Gasteiger partial charge is 0.321 e. The van der Waals surface area contributed by atoms with E-state index < -0.39 is 17.9 Å². The van der Waals surface area contributed by atoms with Crippen LogP contribution in [-0.4, -0.2) is 52.4 Å². The Morgan fingerprint density at radius 1 is 1.21 bits per heavy atom. The third-order valence-electron chi connectivity index (χ3n) is 7.55. The summed E-state index contributed by atoms with van der Waals surface area (Å²) in [7, 11) is 1.57. The van der Waals surface area contributed by atoms with E-state index in [0.29, 0.717) is 41.9 Å². The first-order valence-corrected chi connectivity index (χ1v) is 13.4. The molecule has 12 heteroatoms. The van der Waals surface area contributed by atoms with Crippen molar-refractivity contribution in [2.24, 2.45) is 5.92 Å². The van der Waals surface area contributed by atoms with Gasteiger partial charge in [-0.15, -0.1) is 0 Å². The van der Waals surface area contributed by atoms with Crippen LogP contribution in [0.15, 0.2) is 42.7 Å². The molecular weight excluding hydrogens is 531 g/mol. The van der Waals surface area contributed by atoms with Crippen molar-refractivity contribution < 1.29 is 27.5 Å². The highest BCUT2D eigenvalue weighted by molar-refractivity contribution is 7.05. The molecule has 1 aromatic heterocycles. The van der Waals surface area contributed by atoms with Gasteiger partial charge in [-0.1, -0.05) is 12.1 Å². The predicted molar refractivity (Wildman–Crippen MR) is 140 cm³/mol. The van der Waals surface area contributed by atoms with Crippen molar-refractivity contribution >= 4 is 29.2 Å². The van der Waals surface area contributed by atoms with Gasteiger partial charge >= 0.3 is 6.03 Å². The quantitative estimate of drug-likeness (QED) is 0.422. The molecule has 1 aliphatic heterocycles. The van der Waals surface area contributed by atoms with E-state index in [2.05, 4.69) is 20.0 Å². The van der Waals surface area contributed by atoms with Gasteiger partial charge in [-0.25, -0.2) is 22.9 Å². The van der Waals surface area contributed by atoms with Gasteiger partial charge in [-0.3, -0.25) is 4.79 Å². The summed E-state index contributed by atoms with van der Waals surface area (Å²) in [5.41, 5.74) is 0.318. The highest BCUT2D eigenvalue weighted by Gasteiger charge is 2.45. The van der Waals surface area contributed by atoms with E-state index in [1.54, 1.807) is 24.9 Å². The number of hydrogen-bond acceptors (Lipinski definition) is 6. The molecule has 1 saturated carbocycles. The number of urea groups is 1. The summed E-state index contributed by atoms with van der Waals surface area (Å²) in [6.45, 7) is 2.22. The molecule has 0 spiro atoms. The van der Waals surface area contributed by atoms with E-state index in [1.807, 2.05) is 6.07 Å². The summed E-state index contributed by atoms with van der Waals surface area (Å²) in [5.74, 6) is -0.330. The van der Waals surface area contributed by atoms with Gasteiger partial charge in [0.25, 0.3) is 6.43 Å². The molecule has 3 aromatic rings. The van der Waals surface area contributed by atoms with Crippen molar-refractivity contribution in [2.45, 2.75) is 44.1 Å². The Hall–Kier alpha value is -3.67. The molecule has 3 amide bonds. The van der Waals surface area contributed by atoms with Gasteiger partial charge in [0, 0.05) is 31.6 Å². The Bertz CT molecular complexity index is 1370. The van der Waals surface area contributed by atoms with Gasteiger partial charge < -0.3 is 20.3 Å². The van der Waals surface area contributed by atoms with Gasteiger partial charge in [0.1, 0.15) is 29.0 Å². The van der Waals surface area contributed by atoms with E-state index in [4.69, 9.17) is 4.74 Å². The number of aryl methyl sites for hydroxylation is 1. The Kier molecular flexibility index (Phi) is 7.48. The molecule has 2 N–H and O–H groups in total. The molecule has 1 aliphatic carbocycles. The topological polar surface area (TPSA) is 96.5 Å². The Balaban J connectivity index is 1.36. The highest BCUT2D eigenvalue weighted by Crippen LogP contribution is 2.42. The van der Waals surface area contributed by atoms with Crippen LogP contribution in [0.1, 0.15) is 47.4 Å². The van der Waals surface area contributed by atoms with Crippen LogP contribution in [-0.2, 0) is 10.2 Å². The number of alkyl halides is 2. The lowest BCUT2D eigenvalue weighted by atomic mass is 9.80. The minimum absolute atomic E-state index is 0.0715. The molecule has 1 atom stereocenters.